The first-order valence-corrected chi connectivity index (χ1v) is 8.79. The molecule has 25 heavy (non-hydrogen) atoms. The number of carboxylic acid groups (broad SMARTS) is 1. The van der Waals surface area contributed by atoms with Gasteiger partial charge in [0.05, 0.1) is 5.92 Å². The van der Waals surface area contributed by atoms with Gasteiger partial charge in [-0.05, 0) is 49.3 Å². The highest BCUT2D eigenvalue weighted by atomic mass is 16.4. The van der Waals surface area contributed by atoms with Gasteiger partial charge < -0.3 is 10.4 Å². The van der Waals surface area contributed by atoms with E-state index in [2.05, 4.69) is 17.4 Å². The molecule has 0 bridgehead atoms. The van der Waals surface area contributed by atoms with Gasteiger partial charge in [0.25, 0.3) is 0 Å². The minimum atomic E-state index is -0.743. The molecule has 0 aliphatic heterocycles. The van der Waals surface area contributed by atoms with Gasteiger partial charge in [0.15, 0.2) is 0 Å². The molecule has 1 amide bonds. The molecule has 0 saturated heterocycles. The molecule has 0 unspecified atom stereocenters. The van der Waals surface area contributed by atoms with E-state index in [1.54, 1.807) is 0 Å². The number of hydrogen-bond donors (Lipinski definition) is 2. The van der Waals surface area contributed by atoms with Gasteiger partial charge in [-0.2, -0.15) is 0 Å². The Hall–Kier alpha value is -2.62. The zero-order valence-electron chi connectivity index (χ0n) is 14.2. The number of amides is 1. The number of nitrogens with one attached hydrogen (secondary N) is 1. The molecule has 0 heterocycles. The molecule has 1 aliphatic carbocycles. The van der Waals surface area contributed by atoms with Crippen molar-refractivity contribution in [3.63, 3.8) is 0 Å². The van der Waals surface area contributed by atoms with Gasteiger partial charge in [0.2, 0.25) is 5.91 Å². The lowest BCUT2D eigenvalue weighted by Gasteiger charge is -2.25. The first-order chi connectivity index (χ1) is 12.1. The maximum Gasteiger partial charge on any atom is 0.306 e. The molecule has 1 fully saturated rings. The van der Waals surface area contributed by atoms with E-state index in [1.165, 1.54) is 5.56 Å². The molecule has 3 rings (SSSR count). The van der Waals surface area contributed by atoms with Crippen molar-refractivity contribution in [2.45, 2.75) is 32.1 Å². The third-order valence-electron chi connectivity index (χ3n) is 4.96. The smallest absolute Gasteiger partial charge is 0.306 e. The maximum atomic E-state index is 12.6. The predicted molar refractivity (Wildman–Crippen MR) is 97.4 cm³/mol. The van der Waals surface area contributed by atoms with E-state index in [4.69, 9.17) is 5.11 Å². The largest absolute Gasteiger partial charge is 0.481 e. The fraction of sp³-hybridized carbons (Fsp3) is 0.333. The Labute approximate surface area is 147 Å². The van der Waals surface area contributed by atoms with Crippen molar-refractivity contribution in [3.8, 4) is 0 Å². The number of carbonyl (C=O) groups excluding carboxylic acids is 1. The molecule has 4 nitrogen and oxygen atoms in total. The second-order valence-corrected chi connectivity index (χ2v) is 6.70. The van der Waals surface area contributed by atoms with E-state index >= 15 is 0 Å². The Morgan fingerprint density at radius 2 is 1.48 bits per heavy atom. The van der Waals surface area contributed by atoms with E-state index in [9.17, 15) is 9.59 Å². The Kier molecular flexibility index (Phi) is 5.49. The lowest BCUT2D eigenvalue weighted by atomic mass is 9.81. The van der Waals surface area contributed by atoms with Crippen molar-refractivity contribution in [2.24, 2.45) is 11.8 Å². The van der Waals surface area contributed by atoms with Gasteiger partial charge in [-0.1, -0.05) is 48.5 Å². The zero-order valence-corrected chi connectivity index (χ0v) is 14.2. The first-order valence-electron chi connectivity index (χ1n) is 8.79. The number of anilines is 1. The van der Waals surface area contributed by atoms with Crippen molar-refractivity contribution >= 4 is 17.6 Å². The quantitative estimate of drug-likeness (QED) is 0.863. The van der Waals surface area contributed by atoms with Crippen molar-refractivity contribution in [1.29, 1.82) is 0 Å². The highest BCUT2D eigenvalue weighted by molar-refractivity contribution is 5.93. The summed E-state index contributed by atoms with van der Waals surface area (Å²) >= 11 is 0. The molecule has 2 aromatic rings. The van der Waals surface area contributed by atoms with Crippen LogP contribution in [0.3, 0.4) is 0 Å². The third-order valence-corrected chi connectivity index (χ3v) is 4.96. The van der Waals surface area contributed by atoms with Gasteiger partial charge >= 0.3 is 5.97 Å². The minimum absolute atomic E-state index is 0.00403. The average Bonchev–Trinajstić information content (AvgIpc) is 2.64. The van der Waals surface area contributed by atoms with Crippen molar-refractivity contribution in [2.75, 3.05) is 5.32 Å². The molecule has 0 aromatic heterocycles. The van der Waals surface area contributed by atoms with Crippen molar-refractivity contribution < 1.29 is 14.7 Å². The zero-order chi connectivity index (χ0) is 17.6. The Bertz CT molecular complexity index is 734. The van der Waals surface area contributed by atoms with Crippen LogP contribution < -0.4 is 5.32 Å². The van der Waals surface area contributed by atoms with Gasteiger partial charge in [-0.15, -0.1) is 0 Å². The average molecular weight is 337 g/mol. The summed E-state index contributed by atoms with van der Waals surface area (Å²) in [6, 6.07) is 18.0. The Morgan fingerprint density at radius 1 is 0.880 bits per heavy atom. The van der Waals surface area contributed by atoms with Crippen LogP contribution in [-0.2, 0) is 16.0 Å². The fourth-order valence-corrected chi connectivity index (χ4v) is 3.45. The highest BCUT2D eigenvalue weighted by Gasteiger charge is 2.29. The van der Waals surface area contributed by atoms with Crippen LogP contribution in [0.2, 0.25) is 0 Å². The van der Waals surface area contributed by atoms with Gasteiger partial charge in [0.1, 0.15) is 0 Å². The van der Waals surface area contributed by atoms with E-state index in [-0.39, 0.29) is 17.7 Å². The molecule has 0 radical (unpaired) electrons. The maximum absolute atomic E-state index is 12.6. The summed E-state index contributed by atoms with van der Waals surface area (Å²) in [5.41, 5.74) is 3.13. The van der Waals surface area contributed by atoms with Crippen LogP contribution in [0.15, 0.2) is 54.6 Å². The van der Waals surface area contributed by atoms with Gasteiger partial charge in [0, 0.05) is 11.6 Å². The number of carboxylic acids is 1. The second kappa shape index (κ2) is 7.97. The van der Waals surface area contributed by atoms with Gasteiger partial charge in [-0.3, -0.25) is 9.59 Å². The number of rotatable bonds is 5. The SMILES string of the molecule is O=C(O)C1CCC(C(=O)Nc2ccccc2Cc2ccccc2)CC1. The number of hydrogen-bond acceptors (Lipinski definition) is 2. The topological polar surface area (TPSA) is 66.4 Å². The van der Waals surface area contributed by atoms with Crippen molar-refractivity contribution in [3.05, 3.63) is 65.7 Å². The summed E-state index contributed by atoms with van der Waals surface area (Å²) in [5.74, 6) is -1.13. The van der Waals surface area contributed by atoms with Crippen LogP contribution in [0.5, 0.6) is 0 Å². The second-order valence-electron chi connectivity index (χ2n) is 6.70. The van der Waals surface area contributed by atoms with Crippen LogP contribution in [0, 0.1) is 11.8 Å². The fourth-order valence-electron chi connectivity index (χ4n) is 3.45. The predicted octanol–water partition coefficient (Wildman–Crippen LogP) is 4.11. The van der Waals surface area contributed by atoms with Crippen LogP contribution in [0.1, 0.15) is 36.8 Å². The van der Waals surface area contributed by atoms with E-state index in [0.29, 0.717) is 25.7 Å². The molecule has 1 saturated carbocycles. The minimum Gasteiger partial charge on any atom is -0.481 e. The molecule has 2 N–H and O–H groups in total. The summed E-state index contributed by atoms with van der Waals surface area (Å²) < 4.78 is 0. The van der Waals surface area contributed by atoms with E-state index < -0.39 is 5.97 Å². The molecule has 0 spiro atoms. The van der Waals surface area contributed by atoms with E-state index in [1.807, 2.05) is 42.5 Å². The molecule has 4 heteroatoms. The lowest BCUT2D eigenvalue weighted by molar-refractivity contribution is -0.143. The summed E-state index contributed by atoms with van der Waals surface area (Å²) in [6.45, 7) is 0. The number of para-hydroxylation sites is 1. The molecule has 130 valence electrons. The normalized spacial score (nSPS) is 20.0. The number of carbonyl (C=O) groups is 2. The molecule has 2 aromatic carbocycles. The Morgan fingerprint density at radius 3 is 2.16 bits per heavy atom. The summed E-state index contributed by atoms with van der Waals surface area (Å²) in [4.78, 5) is 23.6. The lowest BCUT2D eigenvalue weighted by Crippen LogP contribution is -2.29. The van der Waals surface area contributed by atoms with Crippen LogP contribution in [-0.4, -0.2) is 17.0 Å². The van der Waals surface area contributed by atoms with Crippen LogP contribution in [0.4, 0.5) is 5.69 Å². The first kappa shape index (κ1) is 17.2. The summed E-state index contributed by atoms with van der Waals surface area (Å²) in [5, 5.41) is 12.1. The number of benzene rings is 2. The molecule has 1 aliphatic rings. The van der Waals surface area contributed by atoms with Crippen LogP contribution >= 0.6 is 0 Å². The Balaban J connectivity index is 1.65. The molecular formula is C21H23NO3. The monoisotopic (exact) mass is 337 g/mol. The highest BCUT2D eigenvalue weighted by Crippen LogP contribution is 2.30. The van der Waals surface area contributed by atoms with Crippen molar-refractivity contribution in [1.82, 2.24) is 0 Å². The van der Waals surface area contributed by atoms with Gasteiger partial charge in [-0.25, -0.2) is 0 Å². The summed E-state index contributed by atoms with van der Waals surface area (Å²) in [6.07, 6.45) is 3.22. The summed E-state index contributed by atoms with van der Waals surface area (Å²) in [7, 11) is 0. The third kappa shape index (κ3) is 4.47. The number of aliphatic carboxylic acids is 1. The standard InChI is InChI=1S/C21H23NO3/c23-20(16-10-12-17(13-11-16)21(24)25)22-19-9-5-4-8-18(19)14-15-6-2-1-3-7-15/h1-9,16-17H,10-14H2,(H,22,23)(H,24,25). The van der Waals surface area contributed by atoms with E-state index in [0.717, 1.165) is 17.7 Å². The molecular weight excluding hydrogens is 314 g/mol. The van der Waals surface area contributed by atoms with Crippen LogP contribution in [0.25, 0.3) is 0 Å². The molecule has 0 atom stereocenters.